The highest BCUT2D eigenvalue weighted by Gasteiger charge is 2.32. The Labute approximate surface area is 132 Å². The van der Waals surface area contributed by atoms with Crippen LogP contribution in [0.4, 0.5) is 4.39 Å². The van der Waals surface area contributed by atoms with E-state index in [2.05, 4.69) is 10.3 Å². The molecule has 1 aromatic carbocycles. The van der Waals surface area contributed by atoms with E-state index in [-0.39, 0.29) is 16.7 Å². The first kappa shape index (κ1) is 15.1. The average Bonchev–Trinajstić information content (AvgIpc) is 3.21. The zero-order valence-electron chi connectivity index (χ0n) is 12.0. The van der Waals surface area contributed by atoms with E-state index in [9.17, 15) is 4.39 Å². The molecule has 0 aliphatic carbocycles. The van der Waals surface area contributed by atoms with Crippen molar-refractivity contribution in [2.75, 3.05) is 20.2 Å². The van der Waals surface area contributed by atoms with Gasteiger partial charge in [-0.05, 0) is 13.0 Å². The zero-order chi connectivity index (χ0) is 15.5. The van der Waals surface area contributed by atoms with Gasteiger partial charge in [-0.25, -0.2) is 9.37 Å². The maximum atomic E-state index is 13.7. The van der Waals surface area contributed by atoms with E-state index in [1.54, 1.807) is 6.20 Å². The fourth-order valence-corrected chi connectivity index (χ4v) is 2.71. The summed E-state index contributed by atoms with van der Waals surface area (Å²) in [5, 5.41) is 3.26. The predicted molar refractivity (Wildman–Crippen MR) is 78.8 cm³/mol. The van der Waals surface area contributed by atoms with Crippen LogP contribution < -0.4 is 14.8 Å². The molecule has 1 aliphatic rings. The third kappa shape index (κ3) is 3.03. The van der Waals surface area contributed by atoms with Crippen LogP contribution in [-0.4, -0.2) is 25.2 Å². The smallest absolute Gasteiger partial charge is 0.235 e. The molecular weight excluding hydrogens is 311 g/mol. The Morgan fingerprint density at radius 2 is 2.32 bits per heavy atom. The van der Waals surface area contributed by atoms with E-state index < -0.39 is 11.9 Å². The molecule has 2 atom stereocenters. The van der Waals surface area contributed by atoms with E-state index in [0.29, 0.717) is 11.6 Å². The molecular formula is C15H16ClFN2O3. The molecule has 0 spiro atoms. The van der Waals surface area contributed by atoms with Crippen molar-refractivity contribution in [3.8, 4) is 11.5 Å². The fourth-order valence-electron chi connectivity index (χ4n) is 2.56. The summed E-state index contributed by atoms with van der Waals surface area (Å²) in [6.07, 6.45) is 3.56. The van der Waals surface area contributed by atoms with Crippen molar-refractivity contribution >= 4 is 11.6 Å². The summed E-state index contributed by atoms with van der Waals surface area (Å²) >= 11 is 5.78. The van der Waals surface area contributed by atoms with E-state index in [1.807, 2.05) is 0 Å². The van der Waals surface area contributed by atoms with Crippen molar-refractivity contribution < 1.29 is 18.3 Å². The third-order valence-corrected chi connectivity index (χ3v) is 3.97. The van der Waals surface area contributed by atoms with Crippen molar-refractivity contribution in [2.45, 2.75) is 12.5 Å². The fraction of sp³-hybridized carbons (Fsp3) is 0.400. The first-order chi connectivity index (χ1) is 10.7. The molecule has 3 rings (SSSR count). The molecule has 118 valence electrons. The van der Waals surface area contributed by atoms with Gasteiger partial charge in [0.05, 0.1) is 18.3 Å². The van der Waals surface area contributed by atoms with Crippen molar-refractivity contribution in [3.63, 3.8) is 0 Å². The summed E-state index contributed by atoms with van der Waals surface area (Å²) in [7, 11) is 1.48. The van der Waals surface area contributed by atoms with Gasteiger partial charge in [0.1, 0.15) is 12.1 Å². The van der Waals surface area contributed by atoms with Crippen LogP contribution in [0, 0.1) is 11.7 Å². The minimum atomic E-state index is -0.562. The average molecular weight is 327 g/mol. The number of rotatable bonds is 5. The molecule has 1 saturated heterocycles. The van der Waals surface area contributed by atoms with Gasteiger partial charge in [0.25, 0.3) is 0 Å². The van der Waals surface area contributed by atoms with Gasteiger partial charge in [0, 0.05) is 24.6 Å². The Kier molecular flexibility index (Phi) is 4.49. The number of nitrogens with one attached hydrogen (secondary N) is 1. The monoisotopic (exact) mass is 326 g/mol. The number of hydrogen-bond acceptors (Lipinski definition) is 5. The Morgan fingerprint density at radius 3 is 2.95 bits per heavy atom. The van der Waals surface area contributed by atoms with Crippen molar-refractivity contribution in [1.29, 1.82) is 0 Å². The Hall–Kier alpha value is -1.79. The van der Waals surface area contributed by atoms with Gasteiger partial charge in [-0.3, -0.25) is 0 Å². The molecule has 0 bridgehead atoms. The highest BCUT2D eigenvalue weighted by molar-refractivity contribution is 6.30. The number of halogens is 2. The van der Waals surface area contributed by atoms with Crippen LogP contribution in [0.3, 0.4) is 0 Å². The molecule has 0 radical (unpaired) electrons. The predicted octanol–water partition coefficient (Wildman–Crippen LogP) is 3.21. The molecule has 0 saturated carbocycles. The minimum Gasteiger partial charge on any atom is -0.493 e. The third-order valence-electron chi connectivity index (χ3n) is 3.68. The van der Waals surface area contributed by atoms with E-state index in [4.69, 9.17) is 25.5 Å². The van der Waals surface area contributed by atoms with E-state index in [1.165, 1.54) is 25.5 Å². The number of hydrogen-bond donors (Lipinski definition) is 1. The highest BCUT2D eigenvalue weighted by atomic mass is 35.5. The lowest BCUT2D eigenvalue weighted by Crippen LogP contribution is -2.22. The molecule has 0 amide bonds. The SMILES string of the molecule is COc1cc(Cl)c(F)cc1OC(c1ncco1)C1CCNC1. The Bertz CT molecular complexity index is 630. The molecule has 1 N–H and O–H groups in total. The number of methoxy groups -OCH3 is 1. The van der Waals surface area contributed by atoms with Crippen LogP contribution in [0.15, 0.2) is 29.0 Å². The number of nitrogens with zero attached hydrogens (tertiary/aromatic N) is 1. The molecule has 2 aromatic rings. The quantitative estimate of drug-likeness (QED) is 0.914. The lowest BCUT2D eigenvalue weighted by atomic mass is 10.0. The summed E-state index contributed by atoms with van der Waals surface area (Å²) in [5.74, 6) is 0.731. The van der Waals surface area contributed by atoms with E-state index in [0.717, 1.165) is 19.5 Å². The summed E-state index contributed by atoms with van der Waals surface area (Å²) in [6.45, 7) is 1.68. The van der Waals surface area contributed by atoms with E-state index >= 15 is 0 Å². The number of ether oxygens (including phenoxy) is 2. The Morgan fingerprint density at radius 1 is 1.45 bits per heavy atom. The number of oxazole rings is 1. The van der Waals surface area contributed by atoms with Crippen LogP contribution in [0.2, 0.25) is 5.02 Å². The molecule has 7 heteroatoms. The topological polar surface area (TPSA) is 56.5 Å². The van der Waals surface area contributed by atoms with Crippen LogP contribution in [0.25, 0.3) is 0 Å². The minimum absolute atomic E-state index is 0.0144. The van der Waals surface area contributed by atoms with Crippen molar-refractivity contribution in [3.05, 3.63) is 41.3 Å². The van der Waals surface area contributed by atoms with Crippen LogP contribution in [0.1, 0.15) is 18.4 Å². The highest BCUT2D eigenvalue weighted by Crippen LogP contribution is 2.38. The lowest BCUT2D eigenvalue weighted by molar-refractivity contribution is 0.110. The number of benzene rings is 1. The molecule has 1 fully saturated rings. The molecule has 5 nitrogen and oxygen atoms in total. The van der Waals surface area contributed by atoms with Crippen molar-refractivity contribution in [1.82, 2.24) is 10.3 Å². The van der Waals surface area contributed by atoms with Gasteiger partial charge in [0.15, 0.2) is 17.6 Å². The molecule has 22 heavy (non-hydrogen) atoms. The van der Waals surface area contributed by atoms with Crippen LogP contribution in [-0.2, 0) is 0 Å². The lowest BCUT2D eigenvalue weighted by Gasteiger charge is -2.22. The first-order valence-electron chi connectivity index (χ1n) is 6.99. The van der Waals surface area contributed by atoms with Gasteiger partial charge in [-0.1, -0.05) is 11.6 Å². The summed E-state index contributed by atoms with van der Waals surface area (Å²) in [4.78, 5) is 4.17. The molecule has 1 aliphatic heterocycles. The zero-order valence-corrected chi connectivity index (χ0v) is 12.8. The summed E-state index contributed by atoms with van der Waals surface area (Å²) in [5.41, 5.74) is 0. The molecule has 1 aromatic heterocycles. The first-order valence-corrected chi connectivity index (χ1v) is 7.36. The second-order valence-corrected chi connectivity index (χ2v) is 5.49. The summed E-state index contributed by atoms with van der Waals surface area (Å²) in [6, 6.07) is 2.62. The van der Waals surface area contributed by atoms with Gasteiger partial charge < -0.3 is 19.2 Å². The molecule has 2 heterocycles. The maximum Gasteiger partial charge on any atom is 0.235 e. The number of aromatic nitrogens is 1. The normalized spacial score (nSPS) is 19.1. The van der Waals surface area contributed by atoms with Crippen LogP contribution >= 0.6 is 11.6 Å². The largest absolute Gasteiger partial charge is 0.493 e. The van der Waals surface area contributed by atoms with Gasteiger partial charge >= 0.3 is 0 Å². The van der Waals surface area contributed by atoms with Crippen molar-refractivity contribution in [2.24, 2.45) is 5.92 Å². The summed E-state index contributed by atoms with van der Waals surface area (Å²) < 4.78 is 30.3. The maximum absolute atomic E-state index is 13.7. The van der Waals surface area contributed by atoms with Gasteiger partial charge in [-0.15, -0.1) is 0 Å². The van der Waals surface area contributed by atoms with Gasteiger partial charge in [-0.2, -0.15) is 0 Å². The molecule has 2 unspecified atom stereocenters. The standard InChI is InChI=1S/C15H16ClFN2O3/c1-20-12-6-10(16)11(17)7-13(12)22-14(9-2-3-18-8-9)15-19-4-5-21-15/h4-7,9,14,18H,2-3,8H2,1H3. The van der Waals surface area contributed by atoms with Gasteiger partial charge in [0.2, 0.25) is 5.89 Å². The second-order valence-electron chi connectivity index (χ2n) is 5.08. The Balaban J connectivity index is 1.92. The second kappa shape index (κ2) is 6.54. The van der Waals surface area contributed by atoms with Crippen LogP contribution in [0.5, 0.6) is 11.5 Å².